The molecule has 0 spiro atoms. The molecule has 1 aromatic heterocycles. The first kappa shape index (κ1) is 14.1. The van der Waals surface area contributed by atoms with Crippen LogP contribution in [0.3, 0.4) is 0 Å². The van der Waals surface area contributed by atoms with Crippen molar-refractivity contribution in [2.24, 2.45) is 5.73 Å². The second kappa shape index (κ2) is 6.73. The number of thioether (sulfide) groups is 1. The highest BCUT2D eigenvalue weighted by Gasteiger charge is 2.20. The van der Waals surface area contributed by atoms with E-state index in [0.717, 1.165) is 12.1 Å². The number of pyridine rings is 1. The molecular formula is C16H20N2S. The lowest BCUT2D eigenvalue weighted by molar-refractivity contribution is 0.624. The van der Waals surface area contributed by atoms with Crippen molar-refractivity contribution in [3.8, 4) is 0 Å². The fourth-order valence-electron chi connectivity index (χ4n) is 1.89. The summed E-state index contributed by atoms with van der Waals surface area (Å²) in [6, 6.07) is 14.7. The molecule has 0 saturated carbocycles. The number of nitrogens with two attached hydrogens (primary N) is 1. The van der Waals surface area contributed by atoms with Crippen molar-refractivity contribution in [2.45, 2.75) is 36.5 Å². The van der Waals surface area contributed by atoms with Crippen molar-refractivity contribution >= 4 is 11.8 Å². The minimum absolute atomic E-state index is 0.112. The average Bonchev–Trinajstić information content (AvgIpc) is 2.47. The minimum atomic E-state index is 0.112. The van der Waals surface area contributed by atoms with Gasteiger partial charge in [0, 0.05) is 17.1 Å². The molecule has 0 bridgehead atoms. The highest BCUT2D eigenvalue weighted by Crippen LogP contribution is 2.37. The molecule has 0 amide bonds. The van der Waals surface area contributed by atoms with Gasteiger partial charge in [-0.3, -0.25) is 4.98 Å². The third kappa shape index (κ3) is 3.82. The van der Waals surface area contributed by atoms with Gasteiger partial charge in [-0.15, -0.1) is 11.8 Å². The van der Waals surface area contributed by atoms with Gasteiger partial charge in [-0.1, -0.05) is 30.7 Å². The third-order valence-electron chi connectivity index (χ3n) is 3.12. The molecule has 3 heteroatoms. The quantitative estimate of drug-likeness (QED) is 0.837. The Morgan fingerprint density at radius 1 is 1.16 bits per heavy atom. The van der Waals surface area contributed by atoms with Crippen LogP contribution in [0.2, 0.25) is 0 Å². The van der Waals surface area contributed by atoms with Crippen molar-refractivity contribution in [2.75, 3.05) is 0 Å². The highest BCUT2D eigenvalue weighted by molar-refractivity contribution is 7.99. The number of hydrogen-bond donors (Lipinski definition) is 1. The molecule has 0 saturated heterocycles. The standard InChI is InChI=1S/C16H20N2S/c1-3-14(17)16(15-6-4-5-11-18-15)19-13-9-7-12(2)8-10-13/h4-11,14,16H,3,17H2,1-2H3. The first-order valence-electron chi connectivity index (χ1n) is 6.60. The maximum absolute atomic E-state index is 6.27. The Labute approximate surface area is 119 Å². The number of benzene rings is 1. The fourth-order valence-corrected chi connectivity index (χ4v) is 3.10. The lowest BCUT2D eigenvalue weighted by Crippen LogP contribution is -2.26. The van der Waals surface area contributed by atoms with Gasteiger partial charge in [-0.05, 0) is 37.6 Å². The first-order valence-corrected chi connectivity index (χ1v) is 7.48. The zero-order valence-corrected chi connectivity index (χ0v) is 12.2. The van der Waals surface area contributed by atoms with E-state index in [1.807, 2.05) is 18.3 Å². The van der Waals surface area contributed by atoms with E-state index in [1.165, 1.54) is 10.5 Å². The number of hydrogen-bond acceptors (Lipinski definition) is 3. The van der Waals surface area contributed by atoms with Crippen LogP contribution in [0.1, 0.15) is 29.9 Å². The van der Waals surface area contributed by atoms with Crippen LogP contribution in [-0.4, -0.2) is 11.0 Å². The lowest BCUT2D eigenvalue weighted by Gasteiger charge is -2.22. The fraction of sp³-hybridized carbons (Fsp3) is 0.312. The van der Waals surface area contributed by atoms with Crippen molar-refractivity contribution in [1.82, 2.24) is 4.98 Å². The van der Waals surface area contributed by atoms with E-state index < -0.39 is 0 Å². The second-order valence-corrected chi connectivity index (χ2v) is 5.89. The van der Waals surface area contributed by atoms with E-state index in [4.69, 9.17) is 5.73 Å². The monoisotopic (exact) mass is 272 g/mol. The van der Waals surface area contributed by atoms with Crippen molar-refractivity contribution in [3.05, 3.63) is 59.9 Å². The van der Waals surface area contributed by atoms with Crippen LogP contribution in [0.4, 0.5) is 0 Å². The Kier molecular flexibility index (Phi) is 5.00. The summed E-state index contributed by atoms with van der Waals surface area (Å²) < 4.78 is 0. The van der Waals surface area contributed by atoms with E-state index >= 15 is 0 Å². The van der Waals surface area contributed by atoms with Gasteiger partial charge in [0.1, 0.15) is 0 Å². The van der Waals surface area contributed by atoms with E-state index in [-0.39, 0.29) is 11.3 Å². The molecule has 100 valence electrons. The van der Waals surface area contributed by atoms with E-state index in [0.29, 0.717) is 0 Å². The normalized spacial score (nSPS) is 14.1. The van der Waals surface area contributed by atoms with Crippen LogP contribution in [-0.2, 0) is 0 Å². The SMILES string of the molecule is CCC(N)C(Sc1ccc(C)cc1)c1ccccn1. The molecule has 2 rings (SSSR count). The zero-order valence-electron chi connectivity index (χ0n) is 11.4. The number of aromatic nitrogens is 1. The summed E-state index contributed by atoms with van der Waals surface area (Å²) in [6.07, 6.45) is 2.78. The molecule has 0 aliphatic carbocycles. The molecule has 2 atom stereocenters. The van der Waals surface area contributed by atoms with Gasteiger partial charge in [0.15, 0.2) is 0 Å². The summed E-state index contributed by atoms with van der Waals surface area (Å²) in [7, 11) is 0. The first-order chi connectivity index (χ1) is 9.20. The van der Waals surface area contributed by atoms with Gasteiger partial charge in [0.2, 0.25) is 0 Å². The number of aryl methyl sites for hydroxylation is 1. The van der Waals surface area contributed by atoms with Crippen LogP contribution in [0.5, 0.6) is 0 Å². The molecule has 0 fully saturated rings. The molecule has 0 radical (unpaired) electrons. The molecule has 0 aliphatic rings. The largest absolute Gasteiger partial charge is 0.326 e. The number of rotatable bonds is 5. The predicted octanol–water partition coefficient (Wildman–Crippen LogP) is 3.96. The summed E-state index contributed by atoms with van der Waals surface area (Å²) >= 11 is 1.80. The average molecular weight is 272 g/mol. The summed E-state index contributed by atoms with van der Waals surface area (Å²) in [6.45, 7) is 4.22. The van der Waals surface area contributed by atoms with E-state index in [1.54, 1.807) is 11.8 Å². The van der Waals surface area contributed by atoms with Gasteiger partial charge >= 0.3 is 0 Å². The van der Waals surface area contributed by atoms with Crippen LogP contribution in [0.25, 0.3) is 0 Å². The Bertz CT molecular complexity index is 496. The Hall–Kier alpha value is -1.32. The van der Waals surface area contributed by atoms with Crippen LogP contribution in [0, 0.1) is 6.92 Å². The van der Waals surface area contributed by atoms with E-state index in [9.17, 15) is 0 Å². The third-order valence-corrected chi connectivity index (χ3v) is 4.51. The smallest absolute Gasteiger partial charge is 0.0668 e. The second-order valence-electron chi connectivity index (χ2n) is 4.68. The maximum atomic E-state index is 6.27. The van der Waals surface area contributed by atoms with Crippen LogP contribution < -0.4 is 5.73 Å². The molecule has 0 aliphatic heterocycles. The summed E-state index contributed by atoms with van der Waals surface area (Å²) in [5.74, 6) is 0. The van der Waals surface area contributed by atoms with E-state index in [2.05, 4.69) is 49.2 Å². The number of nitrogens with zero attached hydrogens (tertiary/aromatic N) is 1. The molecule has 2 aromatic rings. The van der Waals surface area contributed by atoms with Crippen LogP contribution in [0.15, 0.2) is 53.6 Å². The lowest BCUT2D eigenvalue weighted by atomic mass is 10.1. The van der Waals surface area contributed by atoms with Gasteiger partial charge in [0.05, 0.1) is 10.9 Å². The topological polar surface area (TPSA) is 38.9 Å². The Morgan fingerprint density at radius 2 is 1.89 bits per heavy atom. The molecule has 19 heavy (non-hydrogen) atoms. The van der Waals surface area contributed by atoms with Crippen molar-refractivity contribution in [3.63, 3.8) is 0 Å². The predicted molar refractivity (Wildman–Crippen MR) is 82.3 cm³/mol. The van der Waals surface area contributed by atoms with Gasteiger partial charge in [-0.25, -0.2) is 0 Å². The Morgan fingerprint density at radius 3 is 2.47 bits per heavy atom. The molecular weight excluding hydrogens is 252 g/mol. The van der Waals surface area contributed by atoms with Crippen molar-refractivity contribution in [1.29, 1.82) is 0 Å². The summed E-state index contributed by atoms with van der Waals surface area (Å²) in [4.78, 5) is 5.70. The summed E-state index contributed by atoms with van der Waals surface area (Å²) in [5, 5.41) is 0.203. The molecule has 2 unspecified atom stereocenters. The maximum Gasteiger partial charge on any atom is 0.0668 e. The Balaban J connectivity index is 2.21. The minimum Gasteiger partial charge on any atom is -0.326 e. The van der Waals surface area contributed by atoms with Gasteiger partial charge < -0.3 is 5.73 Å². The molecule has 1 heterocycles. The molecule has 1 aromatic carbocycles. The highest BCUT2D eigenvalue weighted by atomic mass is 32.2. The molecule has 2 nitrogen and oxygen atoms in total. The van der Waals surface area contributed by atoms with Crippen LogP contribution >= 0.6 is 11.8 Å². The van der Waals surface area contributed by atoms with Gasteiger partial charge in [0.25, 0.3) is 0 Å². The zero-order chi connectivity index (χ0) is 13.7. The summed E-state index contributed by atoms with van der Waals surface area (Å²) in [5.41, 5.74) is 8.60. The molecule has 2 N–H and O–H groups in total. The van der Waals surface area contributed by atoms with Gasteiger partial charge in [-0.2, -0.15) is 0 Å². The van der Waals surface area contributed by atoms with Crippen molar-refractivity contribution < 1.29 is 0 Å².